The molecule has 0 spiro atoms. The summed E-state index contributed by atoms with van der Waals surface area (Å²) in [5, 5.41) is 31.3. The Morgan fingerprint density at radius 1 is 1.12 bits per heavy atom. The van der Waals surface area contributed by atoms with Crippen LogP contribution < -0.4 is 5.32 Å². The van der Waals surface area contributed by atoms with Crippen LogP contribution in [0.4, 0.5) is 4.79 Å². The van der Waals surface area contributed by atoms with E-state index >= 15 is 0 Å². The third kappa shape index (κ3) is 6.21. The number of alkyl carbamates (subject to hydrolysis) is 1. The number of aliphatic hydroxyl groups is 3. The maximum Gasteiger partial charge on any atom is 0.408 e. The third-order valence-electron chi connectivity index (χ3n) is 3.09. The molecule has 1 fully saturated rings. The molecular weight excluding hydrogens is 326 g/mol. The van der Waals surface area contributed by atoms with Crippen LogP contribution in [0.15, 0.2) is 0 Å². The molecule has 0 unspecified atom stereocenters. The van der Waals surface area contributed by atoms with Crippen LogP contribution in [0, 0.1) is 0 Å². The van der Waals surface area contributed by atoms with Crippen molar-refractivity contribution in [3.63, 3.8) is 0 Å². The van der Waals surface area contributed by atoms with Crippen molar-refractivity contribution in [2.45, 2.75) is 57.1 Å². The van der Waals surface area contributed by atoms with E-state index in [-0.39, 0.29) is 6.61 Å². The maximum absolute atomic E-state index is 11.6. The molecule has 1 rings (SSSR count). The molecule has 1 heterocycles. The number of nitrogens with one attached hydrogen (secondary N) is 1. The number of carbonyl (C=O) groups is 2. The van der Waals surface area contributed by atoms with Crippen LogP contribution in [0.25, 0.3) is 0 Å². The van der Waals surface area contributed by atoms with E-state index < -0.39 is 54.9 Å². The number of amides is 1. The van der Waals surface area contributed by atoms with E-state index in [2.05, 4.69) is 5.32 Å². The summed E-state index contributed by atoms with van der Waals surface area (Å²) in [5.41, 5.74) is -0.694. The first-order valence-corrected chi connectivity index (χ1v) is 7.40. The number of esters is 1. The SMILES string of the molecule is CO[C@H]1O[C@H](COC(=O)CNC(=O)OC(C)(C)C)[C@@H](O)[C@H](O)[C@H]1O. The molecule has 1 saturated heterocycles. The van der Waals surface area contributed by atoms with Crippen molar-refractivity contribution in [1.29, 1.82) is 0 Å². The zero-order valence-electron chi connectivity index (χ0n) is 14.1. The molecule has 1 aliphatic heterocycles. The number of ether oxygens (including phenoxy) is 4. The van der Waals surface area contributed by atoms with Crippen LogP contribution in [0.1, 0.15) is 20.8 Å². The van der Waals surface area contributed by atoms with Gasteiger partial charge in [0.25, 0.3) is 0 Å². The van der Waals surface area contributed by atoms with Gasteiger partial charge < -0.3 is 39.6 Å². The first-order valence-electron chi connectivity index (χ1n) is 7.40. The minimum Gasteiger partial charge on any atom is -0.461 e. The molecule has 1 amide bonds. The van der Waals surface area contributed by atoms with Gasteiger partial charge in [-0.2, -0.15) is 0 Å². The lowest BCUT2D eigenvalue weighted by molar-refractivity contribution is -0.295. The van der Waals surface area contributed by atoms with Gasteiger partial charge >= 0.3 is 12.1 Å². The van der Waals surface area contributed by atoms with E-state index in [0.717, 1.165) is 0 Å². The molecule has 0 saturated carbocycles. The Kier molecular flexibility index (Phi) is 7.36. The van der Waals surface area contributed by atoms with E-state index in [4.69, 9.17) is 18.9 Å². The monoisotopic (exact) mass is 351 g/mol. The van der Waals surface area contributed by atoms with E-state index in [9.17, 15) is 24.9 Å². The van der Waals surface area contributed by atoms with Crippen molar-refractivity contribution in [2.24, 2.45) is 0 Å². The first kappa shape index (κ1) is 20.6. The van der Waals surface area contributed by atoms with Crippen LogP contribution >= 0.6 is 0 Å². The molecule has 10 nitrogen and oxygen atoms in total. The van der Waals surface area contributed by atoms with Crippen molar-refractivity contribution < 1.29 is 43.9 Å². The molecule has 140 valence electrons. The quantitative estimate of drug-likeness (QED) is 0.435. The summed E-state index contributed by atoms with van der Waals surface area (Å²) < 4.78 is 19.8. The van der Waals surface area contributed by atoms with Crippen LogP contribution in [0.3, 0.4) is 0 Å². The molecule has 10 heteroatoms. The maximum atomic E-state index is 11.6. The molecular formula is C14H25NO9. The molecule has 0 aliphatic carbocycles. The molecule has 0 aromatic carbocycles. The fourth-order valence-electron chi connectivity index (χ4n) is 1.93. The van der Waals surface area contributed by atoms with Gasteiger partial charge in [0, 0.05) is 7.11 Å². The van der Waals surface area contributed by atoms with Gasteiger partial charge in [-0.3, -0.25) is 4.79 Å². The van der Waals surface area contributed by atoms with E-state index in [1.54, 1.807) is 20.8 Å². The second-order valence-electron chi connectivity index (χ2n) is 6.29. The lowest BCUT2D eigenvalue weighted by Gasteiger charge is -2.39. The summed E-state index contributed by atoms with van der Waals surface area (Å²) in [6, 6.07) is 0. The molecule has 0 aromatic heterocycles. The van der Waals surface area contributed by atoms with E-state index in [1.165, 1.54) is 7.11 Å². The minimum atomic E-state index is -1.51. The second-order valence-corrected chi connectivity index (χ2v) is 6.29. The van der Waals surface area contributed by atoms with Gasteiger partial charge in [-0.1, -0.05) is 0 Å². The number of hydrogen-bond acceptors (Lipinski definition) is 9. The molecule has 0 radical (unpaired) electrons. The summed E-state index contributed by atoms with van der Waals surface area (Å²) >= 11 is 0. The summed E-state index contributed by atoms with van der Waals surface area (Å²) in [4.78, 5) is 23.0. The predicted octanol–water partition coefficient (Wildman–Crippen LogP) is -1.49. The largest absolute Gasteiger partial charge is 0.461 e. The van der Waals surface area contributed by atoms with Gasteiger partial charge in [-0.25, -0.2) is 4.79 Å². The highest BCUT2D eigenvalue weighted by molar-refractivity contribution is 5.78. The normalized spacial score (nSPS) is 30.5. The topological polar surface area (TPSA) is 144 Å². The van der Waals surface area contributed by atoms with E-state index in [0.29, 0.717) is 0 Å². The Balaban J connectivity index is 2.39. The standard InChI is InChI=1S/C14H25NO9/c1-14(2,3)24-13(20)15-5-8(16)22-6-7-9(17)10(18)11(19)12(21-4)23-7/h7,9-12,17-19H,5-6H2,1-4H3,(H,15,20)/t7-,9-,10+,11-,12+/m1/s1. The van der Waals surface area contributed by atoms with Gasteiger partial charge in [0.05, 0.1) is 0 Å². The zero-order chi connectivity index (χ0) is 18.5. The van der Waals surface area contributed by atoms with Gasteiger partial charge in [0.1, 0.15) is 43.2 Å². The summed E-state index contributed by atoms with van der Waals surface area (Å²) in [5.74, 6) is -0.786. The first-order chi connectivity index (χ1) is 11.0. The molecule has 4 N–H and O–H groups in total. The lowest BCUT2D eigenvalue weighted by Crippen LogP contribution is -2.59. The van der Waals surface area contributed by atoms with Crippen molar-refractivity contribution in [1.82, 2.24) is 5.32 Å². The Hall–Kier alpha value is -1.46. The fraction of sp³-hybridized carbons (Fsp3) is 0.857. The van der Waals surface area contributed by atoms with Crippen LogP contribution in [0.2, 0.25) is 0 Å². The van der Waals surface area contributed by atoms with Gasteiger partial charge in [-0.15, -0.1) is 0 Å². The molecule has 24 heavy (non-hydrogen) atoms. The minimum absolute atomic E-state index is 0.389. The van der Waals surface area contributed by atoms with Crippen LogP contribution in [-0.4, -0.2) is 84.0 Å². The third-order valence-corrected chi connectivity index (χ3v) is 3.09. The summed E-state index contributed by atoms with van der Waals surface area (Å²) in [6.07, 6.45) is -7.41. The van der Waals surface area contributed by atoms with Crippen LogP contribution in [-0.2, 0) is 23.7 Å². The number of carbonyl (C=O) groups excluding carboxylic acids is 2. The molecule has 1 aliphatic rings. The average Bonchev–Trinajstić information content (AvgIpc) is 2.48. The Bertz CT molecular complexity index is 434. The average molecular weight is 351 g/mol. The summed E-state index contributed by atoms with van der Waals surface area (Å²) in [7, 11) is 1.26. The van der Waals surface area contributed by atoms with Crippen molar-refractivity contribution >= 4 is 12.1 Å². The highest BCUT2D eigenvalue weighted by atomic mass is 16.7. The van der Waals surface area contributed by atoms with Crippen molar-refractivity contribution in [2.75, 3.05) is 20.3 Å². The summed E-state index contributed by atoms with van der Waals surface area (Å²) in [6.45, 7) is 4.21. The molecule has 5 atom stereocenters. The number of rotatable bonds is 5. The second kappa shape index (κ2) is 8.58. The van der Waals surface area contributed by atoms with Gasteiger partial charge in [0.15, 0.2) is 6.29 Å². The molecule has 0 aromatic rings. The van der Waals surface area contributed by atoms with Gasteiger partial charge in [0.2, 0.25) is 0 Å². The van der Waals surface area contributed by atoms with Crippen molar-refractivity contribution in [3.05, 3.63) is 0 Å². The Morgan fingerprint density at radius 2 is 1.75 bits per heavy atom. The van der Waals surface area contributed by atoms with Gasteiger partial charge in [-0.05, 0) is 20.8 Å². The predicted molar refractivity (Wildman–Crippen MR) is 78.9 cm³/mol. The highest BCUT2D eigenvalue weighted by Gasteiger charge is 2.44. The lowest BCUT2D eigenvalue weighted by atomic mass is 9.99. The van der Waals surface area contributed by atoms with Crippen molar-refractivity contribution in [3.8, 4) is 0 Å². The zero-order valence-corrected chi connectivity index (χ0v) is 14.1. The highest BCUT2D eigenvalue weighted by Crippen LogP contribution is 2.21. The number of hydrogen-bond donors (Lipinski definition) is 4. The van der Waals surface area contributed by atoms with Crippen LogP contribution in [0.5, 0.6) is 0 Å². The molecule has 0 bridgehead atoms. The Labute approximate surface area is 139 Å². The Morgan fingerprint density at radius 3 is 2.29 bits per heavy atom. The van der Waals surface area contributed by atoms with E-state index in [1.807, 2.05) is 0 Å². The fourth-order valence-corrected chi connectivity index (χ4v) is 1.93. The number of methoxy groups -OCH3 is 1. The number of aliphatic hydroxyl groups excluding tert-OH is 3. The smallest absolute Gasteiger partial charge is 0.408 e.